The fourth-order valence-corrected chi connectivity index (χ4v) is 2.64. The minimum absolute atomic E-state index is 0.0561. The molecule has 0 atom stereocenters. The summed E-state index contributed by atoms with van der Waals surface area (Å²) in [5.41, 5.74) is -0.493. The molecule has 2 amide bonds. The van der Waals surface area contributed by atoms with Gasteiger partial charge >= 0.3 is 0 Å². The maximum absolute atomic E-state index is 13.7. The number of anilines is 1. The number of carbonyl (C=O) groups is 2. The number of nitrogens with zero attached hydrogens (tertiary/aromatic N) is 3. The molecule has 1 aromatic heterocycles. The lowest BCUT2D eigenvalue weighted by atomic mass is 10.2. The Morgan fingerprint density at radius 1 is 1.10 bits per heavy atom. The van der Waals surface area contributed by atoms with E-state index in [9.17, 15) is 22.8 Å². The Balaban J connectivity index is 1.94. The zero-order chi connectivity index (χ0) is 21.4. The third-order valence-corrected chi connectivity index (χ3v) is 4.03. The van der Waals surface area contributed by atoms with Gasteiger partial charge in [0.15, 0.2) is 23.3 Å². The van der Waals surface area contributed by atoms with Crippen molar-refractivity contribution in [3.8, 4) is 0 Å². The summed E-state index contributed by atoms with van der Waals surface area (Å²) in [6.07, 6.45) is 2.44. The summed E-state index contributed by atoms with van der Waals surface area (Å²) in [6, 6.07) is 1.63. The number of amides is 2. The van der Waals surface area contributed by atoms with Gasteiger partial charge in [-0.05, 0) is 25.0 Å². The predicted molar refractivity (Wildman–Crippen MR) is 98.4 cm³/mol. The van der Waals surface area contributed by atoms with Crippen LogP contribution in [0, 0.1) is 17.5 Å². The van der Waals surface area contributed by atoms with Crippen LogP contribution >= 0.6 is 0 Å². The molecule has 0 aliphatic rings. The standard InChI is InChI=1S/C19H23F3N4O3/c1-3-5-14-24-16(29-25-14)8-9-17(28)26(10-4-2)11-15(27)23-13-7-6-12(20)18(21)19(13)22/h6-7H,3-5,8-11H2,1-2H3,(H,23,27). The van der Waals surface area contributed by atoms with Crippen molar-refractivity contribution < 1.29 is 27.3 Å². The van der Waals surface area contributed by atoms with E-state index in [1.54, 1.807) is 0 Å². The second-order valence-electron chi connectivity index (χ2n) is 6.44. The Morgan fingerprint density at radius 2 is 1.86 bits per heavy atom. The Kier molecular flexibility index (Phi) is 8.17. The van der Waals surface area contributed by atoms with E-state index >= 15 is 0 Å². The number of rotatable bonds is 10. The van der Waals surface area contributed by atoms with Crippen LogP contribution in [0.25, 0.3) is 0 Å². The molecule has 0 saturated heterocycles. The summed E-state index contributed by atoms with van der Waals surface area (Å²) < 4.78 is 45.0. The van der Waals surface area contributed by atoms with Crippen LogP contribution in [0.5, 0.6) is 0 Å². The zero-order valence-corrected chi connectivity index (χ0v) is 16.3. The van der Waals surface area contributed by atoms with Crippen LogP contribution in [0.4, 0.5) is 18.9 Å². The van der Waals surface area contributed by atoms with Gasteiger partial charge in [0.25, 0.3) is 0 Å². The van der Waals surface area contributed by atoms with E-state index in [4.69, 9.17) is 4.52 Å². The lowest BCUT2D eigenvalue weighted by Crippen LogP contribution is -2.38. The molecule has 2 aromatic rings. The van der Waals surface area contributed by atoms with Crippen LogP contribution in [0.15, 0.2) is 16.7 Å². The highest BCUT2D eigenvalue weighted by Crippen LogP contribution is 2.19. The summed E-state index contributed by atoms with van der Waals surface area (Å²) in [5.74, 6) is -4.65. The van der Waals surface area contributed by atoms with Gasteiger partial charge in [0.2, 0.25) is 17.7 Å². The van der Waals surface area contributed by atoms with Gasteiger partial charge in [0.05, 0.1) is 12.2 Å². The van der Waals surface area contributed by atoms with E-state index in [1.165, 1.54) is 4.90 Å². The van der Waals surface area contributed by atoms with Gasteiger partial charge in [-0.3, -0.25) is 9.59 Å². The Hall–Kier alpha value is -2.91. The second kappa shape index (κ2) is 10.6. The van der Waals surface area contributed by atoms with Gasteiger partial charge in [0.1, 0.15) is 0 Å². The minimum atomic E-state index is -1.67. The number of nitrogens with one attached hydrogen (secondary N) is 1. The van der Waals surface area contributed by atoms with Gasteiger partial charge in [-0.15, -0.1) is 0 Å². The van der Waals surface area contributed by atoms with Gasteiger partial charge in [-0.1, -0.05) is 19.0 Å². The third kappa shape index (κ3) is 6.30. The molecule has 0 saturated carbocycles. The SMILES string of the molecule is CCCc1noc(CCC(=O)N(CCC)CC(=O)Nc2ccc(F)c(F)c2F)n1. The van der Waals surface area contributed by atoms with Crippen LogP contribution in [0.2, 0.25) is 0 Å². The lowest BCUT2D eigenvalue weighted by Gasteiger charge is -2.21. The molecule has 1 aromatic carbocycles. The number of hydrogen-bond donors (Lipinski definition) is 1. The number of carbonyl (C=O) groups excluding carboxylic acids is 2. The molecule has 1 N–H and O–H groups in total. The van der Waals surface area contributed by atoms with Crippen molar-refractivity contribution in [1.82, 2.24) is 15.0 Å². The number of hydrogen-bond acceptors (Lipinski definition) is 5. The summed E-state index contributed by atoms with van der Waals surface area (Å²) in [7, 11) is 0. The molecule has 0 aliphatic carbocycles. The van der Waals surface area contributed by atoms with Crippen LogP contribution in [-0.4, -0.2) is 39.9 Å². The van der Waals surface area contributed by atoms with Crippen LogP contribution in [0.1, 0.15) is 44.8 Å². The highest BCUT2D eigenvalue weighted by Gasteiger charge is 2.20. The average molecular weight is 412 g/mol. The van der Waals surface area contributed by atoms with E-state index in [1.807, 2.05) is 13.8 Å². The molecule has 0 spiro atoms. The van der Waals surface area contributed by atoms with Gasteiger partial charge in [0, 0.05) is 25.8 Å². The first-order valence-electron chi connectivity index (χ1n) is 9.38. The molecule has 0 fully saturated rings. The van der Waals surface area contributed by atoms with Crippen LogP contribution in [-0.2, 0) is 22.4 Å². The molecule has 7 nitrogen and oxygen atoms in total. The highest BCUT2D eigenvalue weighted by atomic mass is 19.2. The largest absolute Gasteiger partial charge is 0.339 e. The van der Waals surface area contributed by atoms with Crippen molar-refractivity contribution in [1.29, 1.82) is 0 Å². The van der Waals surface area contributed by atoms with Gasteiger partial charge < -0.3 is 14.7 Å². The van der Waals surface area contributed by atoms with Gasteiger partial charge in [-0.25, -0.2) is 13.2 Å². The van der Waals surface area contributed by atoms with Crippen molar-refractivity contribution in [3.63, 3.8) is 0 Å². The predicted octanol–water partition coefficient (Wildman–Crippen LogP) is 3.25. The first-order valence-corrected chi connectivity index (χ1v) is 9.38. The number of benzene rings is 1. The fourth-order valence-electron chi connectivity index (χ4n) is 2.64. The molecule has 0 radical (unpaired) electrons. The molecule has 10 heteroatoms. The molecule has 0 aliphatic heterocycles. The smallest absolute Gasteiger partial charge is 0.244 e. The molecule has 158 valence electrons. The quantitative estimate of drug-likeness (QED) is 0.605. The fraction of sp³-hybridized carbons (Fsp3) is 0.474. The summed E-state index contributed by atoms with van der Waals surface area (Å²) in [4.78, 5) is 30.1. The first-order chi connectivity index (χ1) is 13.8. The molecular weight excluding hydrogens is 389 g/mol. The number of aromatic nitrogens is 2. The maximum Gasteiger partial charge on any atom is 0.244 e. The maximum atomic E-state index is 13.7. The van der Waals surface area contributed by atoms with Gasteiger partial charge in [-0.2, -0.15) is 4.98 Å². The lowest BCUT2D eigenvalue weighted by molar-refractivity contribution is -0.134. The second-order valence-corrected chi connectivity index (χ2v) is 6.44. The Morgan fingerprint density at radius 3 is 2.55 bits per heavy atom. The van der Waals surface area contributed by atoms with E-state index in [0.717, 1.165) is 12.5 Å². The summed E-state index contributed by atoms with van der Waals surface area (Å²) in [6.45, 7) is 3.77. The molecular formula is C19H23F3N4O3. The topological polar surface area (TPSA) is 88.3 Å². The van der Waals surface area contributed by atoms with Crippen LogP contribution < -0.4 is 5.32 Å². The first kappa shape index (κ1) is 22.4. The van der Waals surface area contributed by atoms with Crippen molar-refractivity contribution in [3.05, 3.63) is 41.3 Å². The number of halogens is 3. The van der Waals surface area contributed by atoms with E-state index < -0.39 is 29.0 Å². The highest BCUT2D eigenvalue weighted by molar-refractivity contribution is 5.94. The molecule has 29 heavy (non-hydrogen) atoms. The van der Waals surface area contributed by atoms with Crippen LogP contribution in [0.3, 0.4) is 0 Å². The van der Waals surface area contributed by atoms with Crippen molar-refractivity contribution in [2.24, 2.45) is 0 Å². The Labute approximate surface area is 166 Å². The molecule has 1 heterocycles. The zero-order valence-electron chi connectivity index (χ0n) is 16.3. The van der Waals surface area contributed by atoms with E-state index in [2.05, 4.69) is 15.5 Å². The number of aryl methyl sites for hydroxylation is 2. The molecule has 0 bridgehead atoms. The van der Waals surface area contributed by atoms with E-state index in [-0.39, 0.29) is 25.3 Å². The monoisotopic (exact) mass is 412 g/mol. The summed E-state index contributed by atoms with van der Waals surface area (Å²) in [5, 5.41) is 5.97. The Bertz CT molecular complexity index is 857. The van der Waals surface area contributed by atoms with Crippen molar-refractivity contribution in [2.75, 3.05) is 18.4 Å². The average Bonchev–Trinajstić information content (AvgIpc) is 3.14. The molecule has 2 rings (SSSR count). The van der Waals surface area contributed by atoms with Crippen molar-refractivity contribution in [2.45, 2.75) is 46.0 Å². The normalized spacial score (nSPS) is 10.8. The summed E-state index contributed by atoms with van der Waals surface area (Å²) >= 11 is 0. The third-order valence-electron chi connectivity index (χ3n) is 4.03. The van der Waals surface area contributed by atoms with Crippen molar-refractivity contribution >= 4 is 17.5 Å². The molecule has 0 unspecified atom stereocenters. The van der Waals surface area contributed by atoms with E-state index in [0.29, 0.717) is 37.2 Å². The minimum Gasteiger partial charge on any atom is -0.339 e.